The molecule has 2 heterocycles. The summed E-state index contributed by atoms with van der Waals surface area (Å²) in [5, 5.41) is 9.76. The van der Waals surface area contributed by atoms with Crippen LogP contribution in [0.2, 0.25) is 0 Å². The molecule has 0 saturated heterocycles. The molecule has 0 unspecified atom stereocenters. The van der Waals surface area contributed by atoms with E-state index in [1.165, 1.54) is 7.05 Å². The maximum Gasteiger partial charge on any atom is 0.434 e. The predicted molar refractivity (Wildman–Crippen MR) is 111 cm³/mol. The van der Waals surface area contributed by atoms with Crippen LogP contribution in [0.25, 0.3) is 0 Å². The summed E-state index contributed by atoms with van der Waals surface area (Å²) in [5.41, 5.74) is -1.96. The van der Waals surface area contributed by atoms with E-state index in [9.17, 15) is 26.3 Å². The van der Waals surface area contributed by atoms with E-state index in [0.717, 1.165) is 29.0 Å². The number of nitrogens with zero attached hydrogens (tertiary/aromatic N) is 4. The zero-order valence-corrected chi connectivity index (χ0v) is 18.6. The van der Waals surface area contributed by atoms with Gasteiger partial charge < -0.3 is 16.0 Å². The van der Waals surface area contributed by atoms with E-state index >= 15 is 0 Å². The molecule has 0 aliphatic carbocycles. The minimum atomic E-state index is -4.55. The number of aliphatic imine (C=N–C) groups is 1. The topological polar surface area (TPSA) is 87.1 Å². The number of alkyl halides is 6. The van der Waals surface area contributed by atoms with Crippen molar-refractivity contribution in [1.29, 1.82) is 0 Å². The highest BCUT2D eigenvalue weighted by molar-refractivity contribution is 14.0. The highest BCUT2D eigenvalue weighted by atomic mass is 127. The van der Waals surface area contributed by atoms with Crippen molar-refractivity contribution in [3.63, 3.8) is 0 Å². The van der Waals surface area contributed by atoms with Crippen LogP contribution in [-0.4, -0.2) is 47.6 Å². The largest absolute Gasteiger partial charge is 0.434 e. The van der Waals surface area contributed by atoms with Gasteiger partial charge in [0.2, 0.25) is 5.95 Å². The summed E-state index contributed by atoms with van der Waals surface area (Å²) in [5.74, 6) is 0.221. The zero-order chi connectivity index (χ0) is 21.5. The summed E-state index contributed by atoms with van der Waals surface area (Å²) in [6, 6.07) is 0.773. The van der Waals surface area contributed by atoms with E-state index in [1.54, 1.807) is 0 Å². The van der Waals surface area contributed by atoms with Crippen molar-refractivity contribution >= 4 is 47.2 Å². The van der Waals surface area contributed by atoms with Crippen LogP contribution in [0.5, 0.6) is 0 Å². The molecule has 2 aromatic heterocycles. The maximum atomic E-state index is 12.6. The lowest BCUT2D eigenvalue weighted by atomic mass is 10.4. The van der Waals surface area contributed by atoms with Gasteiger partial charge >= 0.3 is 12.4 Å². The molecule has 0 bridgehead atoms. The monoisotopic (exact) mass is 569 g/mol. The number of nitrogens with one attached hydrogen (secondary N) is 3. The molecule has 0 fully saturated rings. The van der Waals surface area contributed by atoms with Crippen molar-refractivity contribution in [3.05, 3.63) is 34.0 Å². The number of anilines is 1. The normalized spacial score (nSPS) is 12.3. The van der Waals surface area contributed by atoms with E-state index in [1.807, 2.05) is 0 Å². The van der Waals surface area contributed by atoms with E-state index in [0.29, 0.717) is 17.5 Å². The van der Waals surface area contributed by atoms with Crippen LogP contribution in [0.3, 0.4) is 0 Å². The van der Waals surface area contributed by atoms with Gasteiger partial charge in [-0.05, 0) is 6.07 Å². The molecule has 2 rings (SSSR count). The van der Waals surface area contributed by atoms with Crippen molar-refractivity contribution in [1.82, 2.24) is 25.6 Å². The Labute approximate surface area is 188 Å². The molecule has 0 radical (unpaired) electrons. The highest BCUT2D eigenvalue weighted by Crippen LogP contribution is 2.30. The molecule has 0 aromatic carbocycles. The summed E-state index contributed by atoms with van der Waals surface area (Å²) in [4.78, 5) is 14.6. The number of halogens is 7. The fourth-order valence-corrected chi connectivity index (χ4v) is 2.83. The van der Waals surface area contributed by atoms with Crippen molar-refractivity contribution in [2.24, 2.45) is 4.99 Å². The fraction of sp³-hybridized carbons (Fsp3) is 0.467. The molecular formula is C15H18F6IN7S. The molecular weight excluding hydrogens is 551 g/mol. The summed E-state index contributed by atoms with van der Waals surface area (Å²) >= 11 is 0.922. The smallest absolute Gasteiger partial charge is 0.356 e. The minimum Gasteiger partial charge on any atom is -0.356 e. The average molecular weight is 569 g/mol. The lowest BCUT2D eigenvalue weighted by Crippen LogP contribution is -2.40. The Bertz CT molecular complexity index is 824. The molecule has 168 valence electrons. The number of hydrogen-bond acceptors (Lipinski definition) is 6. The summed E-state index contributed by atoms with van der Waals surface area (Å²) in [6.07, 6.45) is -7.73. The fourth-order valence-electron chi connectivity index (χ4n) is 2.02. The Morgan fingerprint density at radius 2 is 1.67 bits per heavy atom. The van der Waals surface area contributed by atoms with Crippen LogP contribution in [0.1, 0.15) is 16.4 Å². The van der Waals surface area contributed by atoms with Gasteiger partial charge in [-0.15, -0.1) is 35.3 Å². The molecule has 0 aliphatic heterocycles. The van der Waals surface area contributed by atoms with Gasteiger partial charge in [0, 0.05) is 44.7 Å². The number of rotatable bonds is 7. The summed E-state index contributed by atoms with van der Waals surface area (Å²) < 4.78 is 75.3. The molecule has 0 aliphatic rings. The molecule has 0 amide bonds. The van der Waals surface area contributed by atoms with E-state index in [4.69, 9.17) is 0 Å². The van der Waals surface area contributed by atoms with Crippen LogP contribution >= 0.6 is 35.3 Å². The first-order valence-electron chi connectivity index (χ1n) is 8.20. The predicted octanol–water partition coefficient (Wildman–Crippen LogP) is 3.41. The molecule has 30 heavy (non-hydrogen) atoms. The molecule has 15 heteroatoms. The van der Waals surface area contributed by atoms with Gasteiger partial charge in [0.25, 0.3) is 0 Å². The van der Waals surface area contributed by atoms with Gasteiger partial charge in [-0.1, -0.05) is 0 Å². The highest BCUT2D eigenvalue weighted by Gasteiger charge is 2.34. The van der Waals surface area contributed by atoms with Crippen LogP contribution in [0, 0.1) is 0 Å². The summed E-state index contributed by atoms with van der Waals surface area (Å²) in [7, 11) is 1.50. The number of thiazole rings is 1. The molecule has 0 spiro atoms. The van der Waals surface area contributed by atoms with Crippen LogP contribution < -0.4 is 16.0 Å². The Morgan fingerprint density at radius 3 is 2.27 bits per heavy atom. The number of aromatic nitrogens is 3. The third kappa shape index (κ3) is 8.45. The van der Waals surface area contributed by atoms with Gasteiger partial charge in [-0.2, -0.15) is 26.3 Å². The Hall–Kier alpha value is -1.91. The second kappa shape index (κ2) is 11.5. The second-order valence-corrected chi connectivity index (χ2v) is 6.43. The van der Waals surface area contributed by atoms with Crippen molar-refractivity contribution in [3.8, 4) is 0 Å². The van der Waals surface area contributed by atoms with E-state index in [2.05, 4.69) is 35.9 Å². The first-order chi connectivity index (χ1) is 13.6. The maximum absolute atomic E-state index is 12.6. The summed E-state index contributed by atoms with van der Waals surface area (Å²) in [6.45, 7) is 0.798. The Morgan fingerprint density at radius 1 is 1.00 bits per heavy atom. The van der Waals surface area contributed by atoms with Gasteiger partial charge in [-0.25, -0.2) is 15.0 Å². The average Bonchev–Trinajstić information content (AvgIpc) is 3.12. The SMILES string of the molecule is CN=C(NCCNc1nccc(C(F)(F)F)n1)NCCc1nc(C(F)(F)F)cs1.I. The molecule has 3 N–H and O–H groups in total. The standard InChI is InChI=1S/C15H17F6N7S.HI/c1-22-12(23-5-3-11-27-10(8-29-11)15(19,20)21)25-6-7-26-13-24-4-2-9(28-13)14(16,17)18;/h2,4,8H,3,5-7H2,1H3,(H2,22,23,25)(H,24,26,28);1H. The quantitative estimate of drug-likeness (QED) is 0.156. The van der Waals surface area contributed by atoms with Crippen LogP contribution in [0.4, 0.5) is 32.3 Å². The van der Waals surface area contributed by atoms with E-state index in [-0.39, 0.29) is 49.4 Å². The first-order valence-corrected chi connectivity index (χ1v) is 9.08. The van der Waals surface area contributed by atoms with Crippen LogP contribution in [-0.2, 0) is 18.8 Å². The van der Waals surface area contributed by atoms with Gasteiger partial charge in [0.15, 0.2) is 11.7 Å². The number of hydrogen-bond donors (Lipinski definition) is 3. The van der Waals surface area contributed by atoms with Gasteiger partial charge in [0.1, 0.15) is 5.69 Å². The van der Waals surface area contributed by atoms with Crippen LogP contribution in [0.15, 0.2) is 22.6 Å². The Balaban J connectivity index is 0.00000450. The molecule has 0 saturated carbocycles. The third-order valence-electron chi connectivity index (χ3n) is 3.34. The third-order valence-corrected chi connectivity index (χ3v) is 4.25. The number of guanidine groups is 1. The lowest BCUT2D eigenvalue weighted by Gasteiger charge is -2.12. The minimum absolute atomic E-state index is 0. The van der Waals surface area contributed by atoms with E-state index < -0.39 is 23.7 Å². The van der Waals surface area contributed by atoms with Gasteiger partial charge in [-0.3, -0.25) is 4.99 Å². The molecule has 2 aromatic rings. The Kier molecular flexibility index (Phi) is 9.99. The zero-order valence-electron chi connectivity index (χ0n) is 15.4. The second-order valence-electron chi connectivity index (χ2n) is 5.49. The van der Waals surface area contributed by atoms with Crippen molar-refractivity contribution in [2.75, 3.05) is 32.0 Å². The lowest BCUT2D eigenvalue weighted by molar-refractivity contribution is -0.141. The molecule has 7 nitrogen and oxygen atoms in total. The van der Waals surface area contributed by atoms with Crippen molar-refractivity contribution in [2.45, 2.75) is 18.8 Å². The van der Waals surface area contributed by atoms with Crippen molar-refractivity contribution < 1.29 is 26.3 Å². The first kappa shape index (κ1) is 26.1. The van der Waals surface area contributed by atoms with Gasteiger partial charge in [0.05, 0.1) is 5.01 Å². The molecule has 0 atom stereocenters.